The molecule has 3 N–H and O–H groups in total. The van der Waals surface area contributed by atoms with Crippen LogP contribution < -0.4 is 10.5 Å². The van der Waals surface area contributed by atoms with Crippen LogP contribution in [0.1, 0.15) is 23.1 Å². The van der Waals surface area contributed by atoms with E-state index in [1.54, 1.807) is 7.11 Å². The van der Waals surface area contributed by atoms with Gasteiger partial charge in [-0.25, -0.2) is 0 Å². The number of halogens is 2. The summed E-state index contributed by atoms with van der Waals surface area (Å²) in [5.74, 6) is 0.499. The summed E-state index contributed by atoms with van der Waals surface area (Å²) in [6.45, 7) is 0.323. The smallest absolute Gasteiger partial charge is 0.122 e. The van der Waals surface area contributed by atoms with Gasteiger partial charge in [0.15, 0.2) is 0 Å². The Balaban J connectivity index is 2.40. The second kappa shape index (κ2) is 7.40. The molecular weight excluding hydrogens is 398 g/mol. The minimum atomic E-state index is -0.714. The normalized spacial score (nSPS) is 13.8. The molecule has 21 heavy (non-hydrogen) atoms. The molecule has 0 aromatic heterocycles. The second-order valence-electron chi connectivity index (χ2n) is 4.69. The van der Waals surface area contributed by atoms with Crippen molar-refractivity contribution in [3.8, 4) is 5.75 Å². The minimum absolute atomic E-state index is 0.237. The topological polar surface area (TPSA) is 55.5 Å². The van der Waals surface area contributed by atoms with Crippen molar-refractivity contribution >= 4 is 31.9 Å². The molecule has 2 rings (SSSR count). The van der Waals surface area contributed by atoms with Gasteiger partial charge in [0.05, 0.1) is 13.2 Å². The lowest BCUT2D eigenvalue weighted by Crippen LogP contribution is -2.21. The fraction of sp³-hybridized carbons (Fsp3) is 0.250. The van der Waals surface area contributed by atoms with Gasteiger partial charge in [-0.1, -0.05) is 56.1 Å². The maximum absolute atomic E-state index is 10.7. The summed E-state index contributed by atoms with van der Waals surface area (Å²) in [7, 11) is 1.62. The van der Waals surface area contributed by atoms with Crippen molar-refractivity contribution in [3.05, 3.63) is 62.5 Å². The predicted octanol–water partition coefficient (Wildman–Crippen LogP) is 4.00. The van der Waals surface area contributed by atoms with Gasteiger partial charge in [0, 0.05) is 27.0 Å². The van der Waals surface area contributed by atoms with Gasteiger partial charge in [0.25, 0.3) is 0 Å². The SMILES string of the molecule is COc1ccccc1C(CN)C(O)c1ccc(Br)cc1Br. The summed E-state index contributed by atoms with van der Waals surface area (Å²) in [6.07, 6.45) is -0.714. The second-order valence-corrected chi connectivity index (χ2v) is 6.46. The number of benzene rings is 2. The highest BCUT2D eigenvalue weighted by Gasteiger charge is 2.25. The van der Waals surface area contributed by atoms with Gasteiger partial charge < -0.3 is 15.6 Å². The number of hydrogen-bond donors (Lipinski definition) is 2. The van der Waals surface area contributed by atoms with E-state index in [0.717, 1.165) is 25.8 Å². The zero-order valence-electron chi connectivity index (χ0n) is 11.6. The summed E-state index contributed by atoms with van der Waals surface area (Å²) in [5, 5.41) is 10.7. The Morgan fingerprint density at radius 3 is 2.48 bits per heavy atom. The van der Waals surface area contributed by atoms with E-state index in [0.29, 0.717) is 6.54 Å². The number of nitrogens with two attached hydrogens (primary N) is 1. The summed E-state index contributed by atoms with van der Waals surface area (Å²) in [6, 6.07) is 13.3. The summed E-state index contributed by atoms with van der Waals surface area (Å²) < 4.78 is 7.17. The largest absolute Gasteiger partial charge is 0.496 e. The molecule has 0 aliphatic heterocycles. The van der Waals surface area contributed by atoms with Gasteiger partial charge in [0.2, 0.25) is 0 Å². The molecule has 5 heteroatoms. The highest BCUT2D eigenvalue weighted by Crippen LogP contribution is 2.38. The van der Waals surface area contributed by atoms with Crippen LogP contribution in [0.2, 0.25) is 0 Å². The van der Waals surface area contributed by atoms with E-state index in [1.807, 2.05) is 42.5 Å². The lowest BCUT2D eigenvalue weighted by molar-refractivity contribution is 0.145. The Labute approximate surface area is 141 Å². The molecule has 2 aromatic rings. The van der Waals surface area contributed by atoms with E-state index < -0.39 is 6.10 Å². The average Bonchev–Trinajstić information content (AvgIpc) is 2.48. The van der Waals surface area contributed by atoms with Gasteiger partial charge in [-0.05, 0) is 23.8 Å². The maximum Gasteiger partial charge on any atom is 0.122 e. The van der Waals surface area contributed by atoms with Crippen LogP contribution in [-0.4, -0.2) is 18.8 Å². The third-order valence-corrected chi connectivity index (χ3v) is 4.63. The first-order chi connectivity index (χ1) is 10.1. The molecule has 0 radical (unpaired) electrons. The van der Waals surface area contributed by atoms with Gasteiger partial charge in [-0.3, -0.25) is 0 Å². The van der Waals surface area contributed by atoms with Crippen molar-refractivity contribution in [3.63, 3.8) is 0 Å². The number of aliphatic hydroxyl groups excluding tert-OH is 1. The molecule has 0 saturated carbocycles. The highest BCUT2D eigenvalue weighted by molar-refractivity contribution is 9.11. The Bertz CT molecular complexity index is 619. The Morgan fingerprint density at radius 2 is 1.86 bits per heavy atom. The number of ether oxygens (including phenoxy) is 1. The van der Waals surface area contributed by atoms with Crippen molar-refractivity contribution in [1.29, 1.82) is 0 Å². The lowest BCUT2D eigenvalue weighted by Gasteiger charge is -2.24. The van der Waals surface area contributed by atoms with Crippen molar-refractivity contribution < 1.29 is 9.84 Å². The number of methoxy groups -OCH3 is 1. The first kappa shape index (κ1) is 16.5. The summed E-state index contributed by atoms with van der Waals surface area (Å²) >= 11 is 6.90. The lowest BCUT2D eigenvalue weighted by atomic mass is 9.88. The van der Waals surface area contributed by atoms with Crippen molar-refractivity contribution in [1.82, 2.24) is 0 Å². The quantitative estimate of drug-likeness (QED) is 0.777. The van der Waals surface area contributed by atoms with Crippen molar-refractivity contribution in [2.24, 2.45) is 5.73 Å². The molecular formula is C16H17Br2NO2. The molecule has 2 unspecified atom stereocenters. The maximum atomic E-state index is 10.7. The molecule has 0 bridgehead atoms. The number of hydrogen-bond acceptors (Lipinski definition) is 3. The van der Waals surface area contributed by atoms with E-state index in [9.17, 15) is 5.11 Å². The van der Waals surface area contributed by atoms with Gasteiger partial charge in [0.1, 0.15) is 5.75 Å². The fourth-order valence-corrected chi connectivity index (χ4v) is 3.64. The standard InChI is InChI=1S/C16H17Br2NO2/c1-21-15-5-3-2-4-11(15)13(9-19)16(20)12-7-6-10(17)8-14(12)18/h2-8,13,16,20H,9,19H2,1H3. The van der Waals surface area contributed by atoms with Gasteiger partial charge in [-0.2, -0.15) is 0 Å². The van der Waals surface area contributed by atoms with Crippen LogP contribution in [-0.2, 0) is 0 Å². The first-order valence-corrected chi connectivity index (χ1v) is 8.13. The molecule has 0 saturated heterocycles. The molecule has 0 aliphatic rings. The van der Waals surface area contributed by atoms with Gasteiger partial charge >= 0.3 is 0 Å². The molecule has 3 nitrogen and oxygen atoms in total. The third-order valence-electron chi connectivity index (χ3n) is 3.45. The molecule has 0 spiro atoms. The van der Waals surface area contributed by atoms with E-state index in [1.165, 1.54) is 0 Å². The van der Waals surface area contributed by atoms with Crippen LogP contribution >= 0.6 is 31.9 Å². The van der Waals surface area contributed by atoms with Crippen LogP contribution in [0.15, 0.2) is 51.4 Å². The number of rotatable bonds is 5. The monoisotopic (exact) mass is 413 g/mol. The zero-order valence-corrected chi connectivity index (χ0v) is 14.8. The molecule has 0 heterocycles. The highest BCUT2D eigenvalue weighted by atomic mass is 79.9. The Morgan fingerprint density at radius 1 is 1.14 bits per heavy atom. The summed E-state index contributed by atoms with van der Waals surface area (Å²) in [4.78, 5) is 0. The molecule has 112 valence electrons. The predicted molar refractivity (Wildman–Crippen MR) is 91.6 cm³/mol. The first-order valence-electron chi connectivity index (χ1n) is 6.54. The fourth-order valence-electron chi connectivity index (χ4n) is 2.36. The Kier molecular flexibility index (Phi) is 5.81. The van der Waals surface area contributed by atoms with Gasteiger partial charge in [-0.15, -0.1) is 0 Å². The molecule has 2 atom stereocenters. The van der Waals surface area contributed by atoms with Crippen LogP contribution in [0.5, 0.6) is 5.75 Å². The van der Waals surface area contributed by atoms with Crippen LogP contribution in [0, 0.1) is 0 Å². The third kappa shape index (κ3) is 3.66. The Hall–Kier alpha value is -0.880. The van der Waals surface area contributed by atoms with E-state index in [2.05, 4.69) is 31.9 Å². The molecule has 0 aliphatic carbocycles. The van der Waals surface area contributed by atoms with E-state index in [-0.39, 0.29) is 5.92 Å². The van der Waals surface area contributed by atoms with Crippen LogP contribution in [0.3, 0.4) is 0 Å². The minimum Gasteiger partial charge on any atom is -0.496 e. The molecule has 2 aromatic carbocycles. The average molecular weight is 415 g/mol. The van der Waals surface area contributed by atoms with Crippen molar-refractivity contribution in [2.75, 3.05) is 13.7 Å². The zero-order chi connectivity index (χ0) is 15.4. The van der Waals surface area contributed by atoms with E-state index >= 15 is 0 Å². The molecule has 0 amide bonds. The number of para-hydroxylation sites is 1. The van der Waals surface area contributed by atoms with Crippen LogP contribution in [0.25, 0.3) is 0 Å². The van der Waals surface area contributed by atoms with Crippen molar-refractivity contribution in [2.45, 2.75) is 12.0 Å². The van der Waals surface area contributed by atoms with E-state index in [4.69, 9.17) is 10.5 Å². The summed E-state index contributed by atoms with van der Waals surface area (Å²) in [5.41, 5.74) is 7.62. The van der Waals surface area contributed by atoms with Crippen LogP contribution in [0.4, 0.5) is 0 Å². The number of aliphatic hydroxyl groups is 1. The molecule has 0 fully saturated rings.